The van der Waals surface area contributed by atoms with Gasteiger partial charge in [-0.1, -0.05) is 19.1 Å². The van der Waals surface area contributed by atoms with Crippen LogP contribution in [0.3, 0.4) is 0 Å². The van der Waals surface area contributed by atoms with Crippen molar-refractivity contribution < 1.29 is 14.6 Å². The third kappa shape index (κ3) is 6.47. The SMILES string of the molecule is CCN1CCCN(CC(O)COCc2ccc(OC)cc2)CC1. The molecule has 1 aliphatic heterocycles. The van der Waals surface area contributed by atoms with Crippen molar-refractivity contribution >= 4 is 0 Å². The summed E-state index contributed by atoms with van der Waals surface area (Å²) in [5.41, 5.74) is 1.09. The van der Waals surface area contributed by atoms with Gasteiger partial charge in [0.2, 0.25) is 0 Å². The molecule has 0 aromatic heterocycles. The summed E-state index contributed by atoms with van der Waals surface area (Å²) in [5.74, 6) is 0.844. The Morgan fingerprint density at radius 1 is 1.09 bits per heavy atom. The van der Waals surface area contributed by atoms with Crippen molar-refractivity contribution in [2.24, 2.45) is 0 Å². The van der Waals surface area contributed by atoms with E-state index in [2.05, 4.69) is 16.7 Å². The van der Waals surface area contributed by atoms with E-state index in [1.54, 1.807) is 7.11 Å². The Labute approximate surface area is 139 Å². The summed E-state index contributed by atoms with van der Waals surface area (Å²) in [4.78, 5) is 4.81. The van der Waals surface area contributed by atoms with Gasteiger partial charge in [-0.3, -0.25) is 4.90 Å². The molecule has 1 saturated heterocycles. The standard InChI is InChI=1S/C18H30N2O3/c1-3-19-9-4-10-20(12-11-19)13-17(21)15-23-14-16-5-7-18(22-2)8-6-16/h5-8,17,21H,3-4,9-15H2,1-2H3. The zero-order valence-electron chi connectivity index (χ0n) is 14.4. The highest BCUT2D eigenvalue weighted by Crippen LogP contribution is 2.12. The van der Waals surface area contributed by atoms with Gasteiger partial charge in [0.05, 0.1) is 26.4 Å². The highest BCUT2D eigenvalue weighted by atomic mass is 16.5. The van der Waals surface area contributed by atoms with Crippen molar-refractivity contribution in [1.29, 1.82) is 0 Å². The smallest absolute Gasteiger partial charge is 0.118 e. The number of aliphatic hydroxyl groups excluding tert-OH is 1. The molecular formula is C18H30N2O3. The first-order valence-corrected chi connectivity index (χ1v) is 8.54. The van der Waals surface area contributed by atoms with E-state index in [9.17, 15) is 5.11 Å². The number of nitrogens with zero attached hydrogens (tertiary/aromatic N) is 2. The highest BCUT2D eigenvalue weighted by molar-refractivity contribution is 5.26. The molecular weight excluding hydrogens is 292 g/mol. The first kappa shape index (κ1) is 18.2. The quantitative estimate of drug-likeness (QED) is 0.788. The number of rotatable bonds is 8. The number of aliphatic hydroxyl groups is 1. The predicted molar refractivity (Wildman–Crippen MR) is 91.8 cm³/mol. The lowest BCUT2D eigenvalue weighted by Gasteiger charge is -2.23. The number of methoxy groups -OCH3 is 1. The molecule has 1 aliphatic rings. The lowest BCUT2D eigenvalue weighted by Crippen LogP contribution is -2.37. The number of hydrogen-bond acceptors (Lipinski definition) is 5. The van der Waals surface area contributed by atoms with Crippen LogP contribution in [-0.4, -0.2) is 74.0 Å². The van der Waals surface area contributed by atoms with Crippen molar-refractivity contribution in [3.05, 3.63) is 29.8 Å². The van der Waals surface area contributed by atoms with E-state index in [0.717, 1.165) is 44.0 Å². The number of likely N-dealkylation sites (N-methyl/N-ethyl adjacent to an activating group) is 1. The fourth-order valence-electron chi connectivity index (χ4n) is 2.91. The zero-order valence-corrected chi connectivity index (χ0v) is 14.4. The molecule has 0 amide bonds. The first-order chi connectivity index (χ1) is 11.2. The minimum atomic E-state index is -0.429. The van der Waals surface area contributed by atoms with Crippen LogP contribution in [0, 0.1) is 0 Å². The second-order valence-electron chi connectivity index (χ2n) is 6.11. The van der Waals surface area contributed by atoms with Gasteiger partial charge < -0.3 is 19.5 Å². The normalized spacial score (nSPS) is 18.6. The predicted octanol–water partition coefficient (Wildman–Crippen LogP) is 1.60. The van der Waals surface area contributed by atoms with Crippen molar-refractivity contribution in [3.8, 4) is 5.75 Å². The Morgan fingerprint density at radius 2 is 1.78 bits per heavy atom. The van der Waals surface area contributed by atoms with Crippen molar-refractivity contribution in [2.45, 2.75) is 26.1 Å². The van der Waals surface area contributed by atoms with E-state index >= 15 is 0 Å². The summed E-state index contributed by atoms with van der Waals surface area (Å²) in [6, 6.07) is 7.82. The van der Waals surface area contributed by atoms with Crippen molar-refractivity contribution in [2.75, 3.05) is 53.0 Å². The molecule has 0 saturated carbocycles. The average Bonchev–Trinajstić information content (AvgIpc) is 2.80. The van der Waals surface area contributed by atoms with E-state index in [-0.39, 0.29) is 0 Å². The van der Waals surface area contributed by atoms with Gasteiger partial charge in [0, 0.05) is 19.6 Å². The zero-order chi connectivity index (χ0) is 16.5. The largest absolute Gasteiger partial charge is 0.497 e. The van der Waals surface area contributed by atoms with Crippen LogP contribution < -0.4 is 4.74 Å². The number of benzene rings is 1. The van der Waals surface area contributed by atoms with E-state index in [0.29, 0.717) is 19.8 Å². The third-order valence-electron chi connectivity index (χ3n) is 4.34. The van der Waals surface area contributed by atoms with E-state index < -0.39 is 6.10 Å². The molecule has 1 N–H and O–H groups in total. The third-order valence-corrected chi connectivity index (χ3v) is 4.34. The molecule has 5 nitrogen and oxygen atoms in total. The van der Waals surface area contributed by atoms with Crippen LogP contribution in [0.25, 0.3) is 0 Å². The van der Waals surface area contributed by atoms with Crippen molar-refractivity contribution in [1.82, 2.24) is 9.80 Å². The Balaban J connectivity index is 1.65. The Morgan fingerprint density at radius 3 is 2.48 bits per heavy atom. The fourth-order valence-corrected chi connectivity index (χ4v) is 2.91. The van der Waals surface area contributed by atoms with Crippen LogP contribution in [0.2, 0.25) is 0 Å². The lowest BCUT2D eigenvalue weighted by molar-refractivity contribution is 0.0105. The van der Waals surface area contributed by atoms with Gasteiger partial charge in [-0.25, -0.2) is 0 Å². The monoisotopic (exact) mass is 322 g/mol. The van der Waals surface area contributed by atoms with E-state index in [1.807, 2.05) is 24.3 Å². The molecule has 0 radical (unpaired) electrons. The second kappa shape index (κ2) is 9.88. The molecule has 1 aromatic carbocycles. The van der Waals surface area contributed by atoms with Crippen LogP contribution in [-0.2, 0) is 11.3 Å². The van der Waals surface area contributed by atoms with Gasteiger partial charge in [0.15, 0.2) is 0 Å². The topological polar surface area (TPSA) is 45.2 Å². The number of β-amino-alcohol motifs (C(OH)–C–C–N with tert-alkyl or cyclic N) is 1. The summed E-state index contributed by atoms with van der Waals surface area (Å²) in [5, 5.41) is 10.2. The van der Waals surface area contributed by atoms with Gasteiger partial charge in [0.25, 0.3) is 0 Å². The maximum atomic E-state index is 10.2. The summed E-state index contributed by atoms with van der Waals surface area (Å²) in [6.07, 6.45) is 0.745. The molecule has 23 heavy (non-hydrogen) atoms. The number of hydrogen-bond donors (Lipinski definition) is 1. The summed E-state index contributed by atoms with van der Waals surface area (Å²) in [6.45, 7) is 9.26. The summed E-state index contributed by atoms with van der Waals surface area (Å²) >= 11 is 0. The summed E-state index contributed by atoms with van der Waals surface area (Å²) in [7, 11) is 1.66. The van der Waals surface area contributed by atoms with Crippen LogP contribution in [0.15, 0.2) is 24.3 Å². The highest BCUT2D eigenvalue weighted by Gasteiger charge is 2.16. The van der Waals surface area contributed by atoms with Crippen LogP contribution in [0.1, 0.15) is 18.9 Å². The number of ether oxygens (including phenoxy) is 2. The van der Waals surface area contributed by atoms with Crippen LogP contribution >= 0.6 is 0 Å². The molecule has 1 atom stereocenters. The fraction of sp³-hybridized carbons (Fsp3) is 0.667. The molecule has 0 spiro atoms. The average molecular weight is 322 g/mol. The molecule has 1 aromatic rings. The molecule has 1 fully saturated rings. The lowest BCUT2D eigenvalue weighted by atomic mass is 10.2. The Kier molecular flexibility index (Phi) is 7.82. The van der Waals surface area contributed by atoms with Gasteiger partial charge in [-0.15, -0.1) is 0 Å². The molecule has 2 rings (SSSR count). The Hall–Kier alpha value is -1.14. The molecule has 1 unspecified atom stereocenters. The summed E-state index contributed by atoms with van der Waals surface area (Å²) < 4.78 is 10.8. The van der Waals surface area contributed by atoms with Crippen molar-refractivity contribution in [3.63, 3.8) is 0 Å². The maximum absolute atomic E-state index is 10.2. The minimum absolute atomic E-state index is 0.375. The van der Waals surface area contributed by atoms with Crippen LogP contribution in [0.4, 0.5) is 0 Å². The second-order valence-corrected chi connectivity index (χ2v) is 6.11. The van der Waals surface area contributed by atoms with Gasteiger partial charge >= 0.3 is 0 Å². The van der Waals surface area contributed by atoms with Gasteiger partial charge in [0.1, 0.15) is 5.75 Å². The van der Waals surface area contributed by atoms with E-state index in [4.69, 9.17) is 9.47 Å². The first-order valence-electron chi connectivity index (χ1n) is 8.54. The molecule has 0 bridgehead atoms. The van der Waals surface area contributed by atoms with E-state index in [1.165, 1.54) is 6.42 Å². The molecule has 130 valence electrons. The maximum Gasteiger partial charge on any atom is 0.118 e. The minimum Gasteiger partial charge on any atom is -0.497 e. The molecule has 5 heteroatoms. The van der Waals surface area contributed by atoms with Gasteiger partial charge in [-0.05, 0) is 43.8 Å². The Bertz CT molecular complexity index is 438. The molecule has 1 heterocycles. The van der Waals surface area contributed by atoms with Crippen LogP contribution in [0.5, 0.6) is 5.75 Å². The molecule has 0 aliphatic carbocycles. The van der Waals surface area contributed by atoms with Gasteiger partial charge in [-0.2, -0.15) is 0 Å².